The third-order valence-electron chi connectivity index (χ3n) is 2.99. The summed E-state index contributed by atoms with van der Waals surface area (Å²) in [5.41, 5.74) is 2.85. The van der Waals surface area contributed by atoms with Gasteiger partial charge < -0.3 is 5.32 Å². The van der Waals surface area contributed by atoms with Crippen LogP contribution in [-0.4, -0.2) is 4.98 Å². The van der Waals surface area contributed by atoms with E-state index in [1.165, 1.54) is 0 Å². The summed E-state index contributed by atoms with van der Waals surface area (Å²) >= 11 is 11.9. The van der Waals surface area contributed by atoms with Gasteiger partial charge in [0.05, 0.1) is 17.8 Å². The molecule has 0 aliphatic carbocycles. The number of hydrogen-bond donors (Lipinski definition) is 1. The molecule has 0 unspecified atom stereocenters. The summed E-state index contributed by atoms with van der Waals surface area (Å²) in [6, 6.07) is 17.5. The average molecular weight is 303 g/mol. The molecule has 0 saturated carbocycles. The number of rotatable bonds is 3. The Bertz CT molecular complexity index is 736. The standard InChI is InChI=1S/C16H12Cl2N2/c17-12-7-13(18)9-15(8-12)19-10-14-6-5-11-3-1-2-4-16(11)20-14/h1-9,19H,10H2. The van der Waals surface area contributed by atoms with Gasteiger partial charge >= 0.3 is 0 Å². The zero-order valence-electron chi connectivity index (χ0n) is 10.6. The fourth-order valence-corrected chi connectivity index (χ4v) is 2.58. The van der Waals surface area contributed by atoms with Gasteiger partial charge in [0, 0.05) is 21.1 Å². The molecular formula is C16H12Cl2N2. The van der Waals surface area contributed by atoms with Crippen LogP contribution in [-0.2, 0) is 6.54 Å². The van der Waals surface area contributed by atoms with E-state index >= 15 is 0 Å². The lowest BCUT2D eigenvalue weighted by Crippen LogP contribution is -2.01. The number of para-hydroxylation sites is 1. The number of anilines is 1. The van der Waals surface area contributed by atoms with Crippen molar-refractivity contribution in [2.75, 3.05) is 5.32 Å². The highest BCUT2D eigenvalue weighted by molar-refractivity contribution is 6.35. The number of nitrogens with zero attached hydrogens (tertiary/aromatic N) is 1. The van der Waals surface area contributed by atoms with Gasteiger partial charge in [0.2, 0.25) is 0 Å². The van der Waals surface area contributed by atoms with E-state index in [0.717, 1.165) is 22.3 Å². The minimum atomic E-state index is 0.617. The van der Waals surface area contributed by atoms with Crippen molar-refractivity contribution in [2.24, 2.45) is 0 Å². The van der Waals surface area contributed by atoms with E-state index < -0.39 is 0 Å². The second-order valence-electron chi connectivity index (χ2n) is 4.51. The molecule has 2 aromatic carbocycles. The van der Waals surface area contributed by atoms with E-state index in [-0.39, 0.29) is 0 Å². The van der Waals surface area contributed by atoms with E-state index in [1.807, 2.05) is 36.4 Å². The highest BCUT2D eigenvalue weighted by atomic mass is 35.5. The van der Waals surface area contributed by atoms with Gasteiger partial charge in [-0.15, -0.1) is 0 Å². The van der Waals surface area contributed by atoms with E-state index in [0.29, 0.717) is 16.6 Å². The van der Waals surface area contributed by atoms with E-state index in [9.17, 15) is 0 Å². The molecular weight excluding hydrogens is 291 g/mol. The van der Waals surface area contributed by atoms with Crippen LogP contribution in [0.25, 0.3) is 10.9 Å². The summed E-state index contributed by atoms with van der Waals surface area (Å²) < 4.78 is 0. The maximum absolute atomic E-state index is 5.97. The number of halogens is 2. The Morgan fingerprint density at radius 3 is 2.45 bits per heavy atom. The lowest BCUT2D eigenvalue weighted by atomic mass is 10.2. The van der Waals surface area contributed by atoms with E-state index in [4.69, 9.17) is 23.2 Å². The molecule has 0 saturated heterocycles. The summed E-state index contributed by atoms with van der Waals surface area (Å²) in [4.78, 5) is 4.61. The molecule has 1 heterocycles. The molecule has 0 aliphatic rings. The third kappa shape index (κ3) is 3.03. The number of benzene rings is 2. The van der Waals surface area contributed by atoms with Crippen LogP contribution < -0.4 is 5.32 Å². The van der Waals surface area contributed by atoms with Crippen LogP contribution in [0.4, 0.5) is 5.69 Å². The van der Waals surface area contributed by atoms with Crippen LogP contribution in [0.3, 0.4) is 0 Å². The molecule has 0 aliphatic heterocycles. The number of aromatic nitrogens is 1. The first-order valence-electron chi connectivity index (χ1n) is 6.25. The minimum absolute atomic E-state index is 0.617. The molecule has 0 bridgehead atoms. The van der Waals surface area contributed by atoms with Crippen LogP contribution >= 0.6 is 23.2 Å². The topological polar surface area (TPSA) is 24.9 Å². The second-order valence-corrected chi connectivity index (χ2v) is 5.38. The first-order valence-corrected chi connectivity index (χ1v) is 7.01. The molecule has 1 N–H and O–H groups in total. The lowest BCUT2D eigenvalue weighted by molar-refractivity contribution is 1.07. The SMILES string of the molecule is Clc1cc(Cl)cc(NCc2ccc3ccccc3n2)c1. The van der Waals surface area contributed by atoms with Crippen molar-refractivity contribution in [1.29, 1.82) is 0 Å². The summed E-state index contributed by atoms with van der Waals surface area (Å²) in [7, 11) is 0. The largest absolute Gasteiger partial charge is 0.379 e. The first kappa shape index (κ1) is 13.2. The van der Waals surface area contributed by atoms with Crippen LogP contribution in [0, 0.1) is 0 Å². The van der Waals surface area contributed by atoms with Crippen LogP contribution in [0.15, 0.2) is 54.6 Å². The number of nitrogens with one attached hydrogen (secondary N) is 1. The molecule has 0 spiro atoms. The molecule has 0 radical (unpaired) electrons. The predicted octanol–water partition coefficient (Wildman–Crippen LogP) is 5.15. The van der Waals surface area contributed by atoms with Crippen molar-refractivity contribution in [1.82, 2.24) is 4.98 Å². The summed E-state index contributed by atoms with van der Waals surface area (Å²) in [6.07, 6.45) is 0. The molecule has 0 amide bonds. The van der Waals surface area contributed by atoms with Gasteiger partial charge in [-0.3, -0.25) is 4.98 Å². The van der Waals surface area contributed by atoms with Crippen molar-refractivity contribution >= 4 is 39.8 Å². The molecule has 2 nitrogen and oxygen atoms in total. The van der Waals surface area contributed by atoms with Gasteiger partial charge in [-0.1, -0.05) is 47.5 Å². The molecule has 3 rings (SSSR count). The smallest absolute Gasteiger partial charge is 0.0706 e. The highest BCUT2D eigenvalue weighted by Crippen LogP contribution is 2.23. The minimum Gasteiger partial charge on any atom is -0.379 e. The Morgan fingerprint density at radius 2 is 1.65 bits per heavy atom. The highest BCUT2D eigenvalue weighted by Gasteiger charge is 2.00. The fourth-order valence-electron chi connectivity index (χ4n) is 2.06. The zero-order chi connectivity index (χ0) is 13.9. The Hall–Kier alpha value is -1.77. The zero-order valence-corrected chi connectivity index (χ0v) is 12.1. The maximum atomic E-state index is 5.97. The molecule has 0 atom stereocenters. The number of fused-ring (bicyclic) bond motifs is 1. The van der Waals surface area contributed by atoms with E-state index in [1.54, 1.807) is 6.07 Å². The number of hydrogen-bond acceptors (Lipinski definition) is 2. The van der Waals surface area contributed by atoms with E-state index in [2.05, 4.69) is 22.4 Å². The van der Waals surface area contributed by atoms with Crippen molar-refractivity contribution < 1.29 is 0 Å². The van der Waals surface area contributed by atoms with Crippen LogP contribution in [0.1, 0.15) is 5.69 Å². The lowest BCUT2D eigenvalue weighted by Gasteiger charge is -2.08. The van der Waals surface area contributed by atoms with Gasteiger partial charge in [-0.2, -0.15) is 0 Å². The first-order chi connectivity index (χ1) is 9.70. The van der Waals surface area contributed by atoms with Crippen molar-refractivity contribution in [3.8, 4) is 0 Å². The van der Waals surface area contributed by atoms with Crippen LogP contribution in [0.5, 0.6) is 0 Å². The average Bonchev–Trinajstić information content (AvgIpc) is 2.44. The maximum Gasteiger partial charge on any atom is 0.0706 e. The number of pyridine rings is 1. The molecule has 20 heavy (non-hydrogen) atoms. The van der Waals surface area contributed by atoms with Gasteiger partial charge in [0.1, 0.15) is 0 Å². The Morgan fingerprint density at radius 1 is 0.900 bits per heavy atom. The molecule has 0 fully saturated rings. The second kappa shape index (κ2) is 5.70. The monoisotopic (exact) mass is 302 g/mol. The third-order valence-corrected chi connectivity index (χ3v) is 3.43. The summed E-state index contributed by atoms with van der Waals surface area (Å²) in [6.45, 7) is 0.626. The van der Waals surface area contributed by atoms with Gasteiger partial charge in [0.25, 0.3) is 0 Å². The normalized spacial score (nSPS) is 10.7. The van der Waals surface area contributed by atoms with Crippen LogP contribution in [0.2, 0.25) is 10.0 Å². The Labute approximate surface area is 127 Å². The van der Waals surface area contributed by atoms with Gasteiger partial charge in [0.15, 0.2) is 0 Å². The van der Waals surface area contributed by atoms with Crippen molar-refractivity contribution in [2.45, 2.75) is 6.54 Å². The quantitative estimate of drug-likeness (QED) is 0.723. The molecule has 4 heteroatoms. The van der Waals surface area contributed by atoms with Gasteiger partial charge in [-0.25, -0.2) is 0 Å². The van der Waals surface area contributed by atoms with Crippen molar-refractivity contribution in [3.05, 3.63) is 70.3 Å². The van der Waals surface area contributed by atoms with Gasteiger partial charge in [-0.05, 0) is 30.3 Å². The summed E-state index contributed by atoms with van der Waals surface area (Å²) in [5, 5.41) is 5.65. The summed E-state index contributed by atoms with van der Waals surface area (Å²) in [5.74, 6) is 0. The Kier molecular flexibility index (Phi) is 3.77. The fraction of sp³-hybridized carbons (Fsp3) is 0.0625. The molecule has 3 aromatic rings. The molecule has 100 valence electrons. The van der Waals surface area contributed by atoms with Crippen molar-refractivity contribution in [3.63, 3.8) is 0 Å². The Balaban J connectivity index is 1.79. The molecule has 1 aromatic heterocycles. The predicted molar refractivity (Wildman–Crippen MR) is 85.5 cm³/mol.